The summed E-state index contributed by atoms with van der Waals surface area (Å²) in [4.78, 5) is 14.0. The molecule has 23 heavy (non-hydrogen) atoms. The molecule has 0 aromatic heterocycles. The molecule has 0 saturated carbocycles. The molecule has 2 rings (SSSR count). The fourth-order valence-electron chi connectivity index (χ4n) is 2.83. The lowest BCUT2D eigenvalue weighted by Crippen LogP contribution is -2.41. The van der Waals surface area contributed by atoms with Crippen molar-refractivity contribution in [1.82, 2.24) is 9.21 Å². The van der Waals surface area contributed by atoms with E-state index >= 15 is 0 Å². The number of sulfonamides is 1. The molecule has 0 bridgehead atoms. The standard InChI is InChI=1S/C15H21ClN2O4S/c1-10-6-5-7-12(16)14(10)23(20,21)18-9-11(17(2)3)8-13(18)15(19)22-4/h5-7,11,13H,8-9H2,1-4H3/t11-,13+/m1/s1. The molecule has 2 atom stereocenters. The van der Waals surface area contributed by atoms with Gasteiger partial charge in [0.25, 0.3) is 0 Å². The maximum absolute atomic E-state index is 13.1. The normalized spacial score (nSPS) is 22.5. The first kappa shape index (κ1) is 18.2. The highest BCUT2D eigenvalue weighted by Gasteiger charge is 2.46. The van der Waals surface area contributed by atoms with Crippen molar-refractivity contribution >= 4 is 27.6 Å². The number of methoxy groups -OCH3 is 1. The van der Waals surface area contributed by atoms with Crippen molar-refractivity contribution in [1.29, 1.82) is 0 Å². The number of carbonyl (C=O) groups excluding carboxylic acids is 1. The van der Waals surface area contributed by atoms with E-state index in [2.05, 4.69) is 0 Å². The molecule has 0 radical (unpaired) electrons. The molecule has 1 aliphatic heterocycles. The lowest BCUT2D eigenvalue weighted by molar-refractivity contribution is -0.144. The van der Waals surface area contributed by atoms with Crippen molar-refractivity contribution < 1.29 is 17.9 Å². The number of likely N-dealkylation sites (N-methyl/N-ethyl adjacent to an activating group) is 1. The Kier molecular flexibility index (Phi) is 5.35. The summed E-state index contributed by atoms with van der Waals surface area (Å²) in [5.74, 6) is -0.553. The van der Waals surface area contributed by atoms with Crippen LogP contribution in [-0.4, -0.2) is 63.4 Å². The van der Waals surface area contributed by atoms with Crippen LogP contribution in [0.15, 0.2) is 23.1 Å². The van der Waals surface area contributed by atoms with Crippen LogP contribution >= 0.6 is 11.6 Å². The fraction of sp³-hybridized carbons (Fsp3) is 0.533. The first-order valence-corrected chi connectivity index (χ1v) is 9.03. The van der Waals surface area contributed by atoms with E-state index in [4.69, 9.17) is 16.3 Å². The second-order valence-electron chi connectivity index (χ2n) is 5.85. The number of benzene rings is 1. The van der Waals surface area contributed by atoms with Gasteiger partial charge in [-0.15, -0.1) is 0 Å². The van der Waals surface area contributed by atoms with Crippen LogP contribution in [-0.2, 0) is 19.6 Å². The van der Waals surface area contributed by atoms with Crippen LogP contribution in [0.1, 0.15) is 12.0 Å². The Balaban J connectivity index is 2.50. The molecule has 8 heteroatoms. The molecule has 1 heterocycles. The number of nitrogens with zero attached hydrogens (tertiary/aromatic N) is 2. The number of rotatable bonds is 4. The van der Waals surface area contributed by atoms with Crippen LogP contribution in [0.3, 0.4) is 0 Å². The van der Waals surface area contributed by atoms with Gasteiger partial charge in [0.2, 0.25) is 10.0 Å². The van der Waals surface area contributed by atoms with Crippen LogP contribution in [0.5, 0.6) is 0 Å². The van der Waals surface area contributed by atoms with Gasteiger partial charge in [-0.3, -0.25) is 4.79 Å². The van der Waals surface area contributed by atoms with Crippen molar-refractivity contribution in [3.8, 4) is 0 Å². The Hall–Kier alpha value is -1.15. The van der Waals surface area contributed by atoms with Gasteiger partial charge >= 0.3 is 5.97 Å². The summed E-state index contributed by atoms with van der Waals surface area (Å²) < 4.78 is 32.2. The van der Waals surface area contributed by atoms with Crippen LogP contribution in [0.25, 0.3) is 0 Å². The van der Waals surface area contributed by atoms with Crippen LogP contribution in [0, 0.1) is 6.92 Å². The second kappa shape index (κ2) is 6.76. The molecule has 1 aliphatic rings. The zero-order valence-electron chi connectivity index (χ0n) is 13.6. The Labute approximate surface area is 142 Å². The van der Waals surface area contributed by atoms with Gasteiger partial charge in [-0.2, -0.15) is 4.31 Å². The molecule has 128 valence electrons. The molecule has 0 unspecified atom stereocenters. The SMILES string of the molecule is COC(=O)[C@@H]1C[C@@H](N(C)C)CN1S(=O)(=O)c1c(C)cccc1Cl. The fourth-order valence-corrected chi connectivity index (χ4v) is 5.25. The average Bonchev–Trinajstić information content (AvgIpc) is 2.92. The minimum absolute atomic E-state index is 0.0509. The average molecular weight is 361 g/mol. The minimum Gasteiger partial charge on any atom is -0.468 e. The summed E-state index contributed by atoms with van der Waals surface area (Å²) in [5, 5.41) is 0.155. The zero-order valence-corrected chi connectivity index (χ0v) is 15.2. The van der Waals surface area contributed by atoms with Crippen LogP contribution < -0.4 is 0 Å². The van der Waals surface area contributed by atoms with E-state index in [-0.39, 0.29) is 22.5 Å². The van der Waals surface area contributed by atoms with Crippen molar-refractivity contribution in [2.75, 3.05) is 27.7 Å². The Morgan fingerprint density at radius 1 is 1.39 bits per heavy atom. The summed E-state index contributed by atoms with van der Waals surface area (Å²) in [5.41, 5.74) is 0.550. The zero-order chi connectivity index (χ0) is 17.4. The summed E-state index contributed by atoms with van der Waals surface area (Å²) in [6, 6.07) is 4.02. The van der Waals surface area contributed by atoms with E-state index in [1.807, 2.05) is 19.0 Å². The molecule has 1 saturated heterocycles. The third-order valence-corrected chi connectivity index (χ3v) is 6.67. The van der Waals surface area contributed by atoms with Gasteiger partial charge in [0.05, 0.1) is 12.1 Å². The molecule has 1 aromatic carbocycles. The molecule has 0 amide bonds. The highest BCUT2D eigenvalue weighted by atomic mass is 35.5. The highest BCUT2D eigenvalue weighted by molar-refractivity contribution is 7.89. The smallest absolute Gasteiger partial charge is 0.324 e. The Bertz CT molecular complexity index is 685. The van der Waals surface area contributed by atoms with Crippen LogP contribution in [0.2, 0.25) is 5.02 Å². The lowest BCUT2D eigenvalue weighted by Gasteiger charge is -2.24. The predicted octanol–water partition coefficient (Wildman–Crippen LogP) is 1.51. The molecule has 1 aromatic rings. The van der Waals surface area contributed by atoms with Gasteiger partial charge in [0.1, 0.15) is 10.9 Å². The molecule has 0 aliphatic carbocycles. The number of hydrogen-bond donors (Lipinski definition) is 0. The molecule has 0 spiro atoms. The molecular formula is C15H21ClN2O4S. The van der Waals surface area contributed by atoms with E-state index in [0.29, 0.717) is 12.0 Å². The Morgan fingerprint density at radius 2 is 2.04 bits per heavy atom. The first-order chi connectivity index (χ1) is 10.7. The topological polar surface area (TPSA) is 66.9 Å². The summed E-state index contributed by atoms with van der Waals surface area (Å²) >= 11 is 6.12. The number of halogens is 1. The number of aryl methyl sites for hydroxylation is 1. The van der Waals surface area contributed by atoms with Crippen molar-refractivity contribution in [2.24, 2.45) is 0 Å². The molecular weight excluding hydrogens is 340 g/mol. The van der Waals surface area contributed by atoms with E-state index < -0.39 is 22.0 Å². The number of ether oxygens (including phenoxy) is 1. The number of carbonyl (C=O) groups is 1. The van der Waals surface area contributed by atoms with Crippen molar-refractivity contribution in [2.45, 2.75) is 30.3 Å². The van der Waals surface area contributed by atoms with Gasteiger partial charge in [-0.05, 0) is 39.1 Å². The van der Waals surface area contributed by atoms with Crippen LogP contribution in [0.4, 0.5) is 0 Å². The largest absolute Gasteiger partial charge is 0.468 e. The van der Waals surface area contributed by atoms with E-state index in [1.54, 1.807) is 19.1 Å². The first-order valence-electron chi connectivity index (χ1n) is 7.21. The monoisotopic (exact) mass is 360 g/mol. The van der Waals surface area contributed by atoms with Gasteiger partial charge in [-0.1, -0.05) is 23.7 Å². The molecule has 0 N–H and O–H groups in total. The number of hydrogen-bond acceptors (Lipinski definition) is 5. The molecule has 1 fully saturated rings. The summed E-state index contributed by atoms with van der Waals surface area (Å²) in [7, 11) is 1.08. The van der Waals surface area contributed by atoms with Gasteiger partial charge < -0.3 is 9.64 Å². The third kappa shape index (κ3) is 3.38. The van der Waals surface area contributed by atoms with Gasteiger partial charge in [-0.25, -0.2) is 8.42 Å². The van der Waals surface area contributed by atoms with E-state index in [0.717, 1.165) is 0 Å². The second-order valence-corrected chi connectivity index (χ2v) is 8.09. The van der Waals surface area contributed by atoms with Crippen molar-refractivity contribution in [3.05, 3.63) is 28.8 Å². The maximum Gasteiger partial charge on any atom is 0.324 e. The van der Waals surface area contributed by atoms with E-state index in [1.165, 1.54) is 17.5 Å². The highest BCUT2D eigenvalue weighted by Crippen LogP contribution is 2.33. The van der Waals surface area contributed by atoms with E-state index in [9.17, 15) is 13.2 Å². The minimum atomic E-state index is -3.90. The lowest BCUT2D eigenvalue weighted by atomic mass is 10.1. The summed E-state index contributed by atoms with van der Waals surface area (Å²) in [6.07, 6.45) is 0.391. The van der Waals surface area contributed by atoms with Gasteiger partial charge in [0, 0.05) is 12.6 Å². The van der Waals surface area contributed by atoms with Gasteiger partial charge in [0.15, 0.2) is 0 Å². The maximum atomic E-state index is 13.1. The number of esters is 1. The molecule has 6 nitrogen and oxygen atoms in total. The van der Waals surface area contributed by atoms with Crippen molar-refractivity contribution in [3.63, 3.8) is 0 Å². The quantitative estimate of drug-likeness (QED) is 0.761. The third-order valence-electron chi connectivity index (χ3n) is 4.17. The predicted molar refractivity (Wildman–Crippen MR) is 88.0 cm³/mol. The summed E-state index contributed by atoms with van der Waals surface area (Å²) in [6.45, 7) is 1.91. The Morgan fingerprint density at radius 3 is 2.57 bits per heavy atom.